The van der Waals surface area contributed by atoms with Gasteiger partial charge in [-0.25, -0.2) is 0 Å². The molecule has 0 nitrogen and oxygen atoms in total. The summed E-state index contributed by atoms with van der Waals surface area (Å²) in [7, 11) is -1.23. The molecular formula is C19H26P+. The third-order valence-corrected chi connectivity index (χ3v) is 8.13. The number of benzene rings is 2. The minimum absolute atomic E-state index is 0.801. The molecule has 0 aliphatic carbocycles. The van der Waals surface area contributed by atoms with Crippen molar-refractivity contribution in [1.82, 2.24) is 0 Å². The Balaban J connectivity index is 2.29. The molecule has 0 heterocycles. The molecular weight excluding hydrogens is 259 g/mol. The standard InChI is InChI=1S/C19H26P/c1-17(2)11-10-16-20(3,18-12-6-4-7-13-18)19-14-8-5-9-15-19/h4-9,12-15,17H,10-11,16H2,1-3H3/q+1. The predicted octanol–water partition coefficient (Wildman–Crippen LogP) is 4.72. The maximum Gasteiger partial charge on any atom is 0.0988 e. The second-order valence-corrected chi connectivity index (χ2v) is 9.99. The zero-order chi connectivity index (χ0) is 14.4. The highest BCUT2D eigenvalue weighted by atomic mass is 31.2. The van der Waals surface area contributed by atoms with Crippen LogP contribution < -0.4 is 10.6 Å². The number of rotatable bonds is 6. The second-order valence-electron chi connectivity index (χ2n) is 6.12. The number of hydrogen-bond donors (Lipinski definition) is 0. The molecule has 0 spiro atoms. The van der Waals surface area contributed by atoms with Crippen molar-refractivity contribution in [2.45, 2.75) is 26.7 Å². The number of hydrogen-bond acceptors (Lipinski definition) is 0. The van der Waals surface area contributed by atoms with Crippen molar-refractivity contribution >= 4 is 17.9 Å². The summed E-state index contributed by atoms with van der Waals surface area (Å²) in [4.78, 5) is 0. The quantitative estimate of drug-likeness (QED) is 0.674. The molecule has 0 aromatic heterocycles. The first-order chi connectivity index (χ1) is 9.63. The lowest BCUT2D eigenvalue weighted by molar-refractivity contribution is 0.578. The molecule has 0 N–H and O–H groups in total. The van der Waals surface area contributed by atoms with Gasteiger partial charge in [-0.05, 0) is 43.0 Å². The van der Waals surface area contributed by atoms with E-state index in [4.69, 9.17) is 0 Å². The highest BCUT2D eigenvalue weighted by Crippen LogP contribution is 2.53. The van der Waals surface area contributed by atoms with Gasteiger partial charge in [-0.15, -0.1) is 0 Å². The molecule has 2 aromatic rings. The zero-order valence-electron chi connectivity index (χ0n) is 12.9. The van der Waals surface area contributed by atoms with Gasteiger partial charge in [-0.3, -0.25) is 0 Å². The molecule has 0 aliphatic heterocycles. The molecule has 0 radical (unpaired) electrons. The summed E-state index contributed by atoms with van der Waals surface area (Å²) in [5, 5.41) is 3.07. The summed E-state index contributed by atoms with van der Waals surface area (Å²) >= 11 is 0. The van der Waals surface area contributed by atoms with Gasteiger partial charge in [0.15, 0.2) is 0 Å². The van der Waals surface area contributed by atoms with Crippen molar-refractivity contribution in [3.05, 3.63) is 60.7 Å². The molecule has 0 unspecified atom stereocenters. The van der Waals surface area contributed by atoms with Crippen LogP contribution in [0.15, 0.2) is 60.7 Å². The van der Waals surface area contributed by atoms with Gasteiger partial charge in [0.1, 0.15) is 0 Å². The average molecular weight is 285 g/mol. The van der Waals surface area contributed by atoms with Gasteiger partial charge >= 0.3 is 0 Å². The smallest absolute Gasteiger partial charge is 0.0628 e. The maximum absolute atomic E-state index is 2.50. The van der Waals surface area contributed by atoms with Crippen LogP contribution in [-0.4, -0.2) is 12.8 Å². The Hall–Kier alpha value is -1.13. The molecule has 0 saturated heterocycles. The molecule has 20 heavy (non-hydrogen) atoms. The Labute approximate surface area is 124 Å². The Bertz CT molecular complexity index is 462. The topological polar surface area (TPSA) is 0 Å². The minimum Gasteiger partial charge on any atom is -0.0628 e. The first-order valence-corrected chi connectivity index (χ1v) is 10.0. The summed E-state index contributed by atoms with van der Waals surface area (Å²) in [5.74, 6) is 0.801. The Morgan fingerprint density at radius 3 is 1.65 bits per heavy atom. The lowest BCUT2D eigenvalue weighted by Crippen LogP contribution is -2.24. The van der Waals surface area contributed by atoms with Crippen molar-refractivity contribution in [3.8, 4) is 0 Å². The van der Waals surface area contributed by atoms with E-state index in [0.717, 1.165) is 5.92 Å². The van der Waals surface area contributed by atoms with E-state index < -0.39 is 7.26 Å². The van der Waals surface area contributed by atoms with Gasteiger partial charge in [0, 0.05) is 0 Å². The molecule has 0 bridgehead atoms. The van der Waals surface area contributed by atoms with Crippen molar-refractivity contribution in [2.75, 3.05) is 12.8 Å². The van der Waals surface area contributed by atoms with Crippen LogP contribution in [-0.2, 0) is 0 Å². The summed E-state index contributed by atoms with van der Waals surface area (Å²) in [6, 6.07) is 22.2. The second kappa shape index (κ2) is 7.04. The largest absolute Gasteiger partial charge is 0.0988 e. The first kappa shape index (κ1) is 15.3. The normalized spacial score (nSPS) is 11.8. The van der Waals surface area contributed by atoms with Crippen LogP contribution in [0.1, 0.15) is 26.7 Å². The van der Waals surface area contributed by atoms with Crippen LogP contribution in [0.5, 0.6) is 0 Å². The van der Waals surface area contributed by atoms with Crippen LogP contribution in [0, 0.1) is 5.92 Å². The Morgan fingerprint density at radius 2 is 1.25 bits per heavy atom. The summed E-state index contributed by atoms with van der Waals surface area (Å²) in [6.45, 7) is 7.14. The van der Waals surface area contributed by atoms with Crippen LogP contribution in [0.25, 0.3) is 0 Å². The van der Waals surface area contributed by atoms with Crippen molar-refractivity contribution in [2.24, 2.45) is 5.92 Å². The van der Waals surface area contributed by atoms with Gasteiger partial charge in [0.25, 0.3) is 0 Å². The molecule has 0 atom stereocenters. The van der Waals surface area contributed by atoms with Crippen LogP contribution in [0.2, 0.25) is 0 Å². The molecule has 0 aliphatic rings. The van der Waals surface area contributed by atoms with Crippen LogP contribution >= 0.6 is 7.26 Å². The summed E-state index contributed by atoms with van der Waals surface area (Å²) < 4.78 is 0. The Kier molecular flexibility index (Phi) is 5.38. The molecule has 2 aromatic carbocycles. The molecule has 0 amide bonds. The van der Waals surface area contributed by atoms with E-state index in [0.29, 0.717) is 0 Å². The lowest BCUT2D eigenvalue weighted by atomic mass is 10.1. The van der Waals surface area contributed by atoms with Gasteiger partial charge in [-0.2, -0.15) is 0 Å². The fourth-order valence-corrected chi connectivity index (χ4v) is 6.03. The SMILES string of the molecule is CC(C)CCC[P+](C)(c1ccccc1)c1ccccc1. The molecule has 106 valence electrons. The average Bonchev–Trinajstić information content (AvgIpc) is 2.48. The van der Waals surface area contributed by atoms with Crippen molar-refractivity contribution in [3.63, 3.8) is 0 Å². The van der Waals surface area contributed by atoms with E-state index in [1.807, 2.05) is 0 Å². The van der Waals surface area contributed by atoms with Gasteiger partial charge in [0.05, 0.1) is 30.7 Å². The van der Waals surface area contributed by atoms with Gasteiger partial charge in [0.2, 0.25) is 0 Å². The van der Waals surface area contributed by atoms with Crippen molar-refractivity contribution < 1.29 is 0 Å². The molecule has 0 saturated carbocycles. The summed E-state index contributed by atoms with van der Waals surface area (Å²) in [6.07, 6.45) is 3.97. The van der Waals surface area contributed by atoms with E-state index in [2.05, 4.69) is 81.2 Å². The molecule has 0 fully saturated rings. The predicted molar refractivity (Wildman–Crippen MR) is 93.9 cm³/mol. The highest BCUT2D eigenvalue weighted by molar-refractivity contribution is 7.88. The minimum atomic E-state index is -1.23. The van der Waals surface area contributed by atoms with Crippen molar-refractivity contribution in [1.29, 1.82) is 0 Å². The fraction of sp³-hybridized carbons (Fsp3) is 0.368. The van der Waals surface area contributed by atoms with E-state index in [1.165, 1.54) is 29.6 Å². The van der Waals surface area contributed by atoms with E-state index in [-0.39, 0.29) is 0 Å². The lowest BCUT2D eigenvalue weighted by Gasteiger charge is -2.23. The Morgan fingerprint density at radius 1 is 0.800 bits per heavy atom. The third-order valence-electron chi connectivity index (χ3n) is 4.04. The first-order valence-electron chi connectivity index (χ1n) is 7.59. The monoisotopic (exact) mass is 285 g/mol. The maximum atomic E-state index is 2.50. The van der Waals surface area contributed by atoms with E-state index in [1.54, 1.807) is 0 Å². The third kappa shape index (κ3) is 3.70. The van der Waals surface area contributed by atoms with E-state index in [9.17, 15) is 0 Å². The zero-order valence-corrected chi connectivity index (χ0v) is 13.8. The highest BCUT2D eigenvalue weighted by Gasteiger charge is 2.36. The fourth-order valence-electron chi connectivity index (χ4n) is 2.74. The van der Waals surface area contributed by atoms with Gasteiger partial charge < -0.3 is 0 Å². The molecule has 1 heteroatoms. The van der Waals surface area contributed by atoms with Crippen LogP contribution in [0.4, 0.5) is 0 Å². The van der Waals surface area contributed by atoms with Crippen LogP contribution in [0.3, 0.4) is 0 Å². The van der Waals surface area contributed by atoms with Gasteiger partial charge in [-0.1, -0.05) is 50.2 Å². The summed E-state index contributed by atoms with van der Waals surface area (Å²) in [5.41, 5.74) is 0. The molecule has 2 rings (SSSR count). The van der Waals surface area contributed by atoms with E-state index >= 15 is 0 Å².